The highest BCUT2D eigenvalue weighted by Gasteiger charge is 2.29. The van der Waals surface area contributed by atoms with Crippen LogP contribution in [0.25, 0.3) is 10.2 Å². The van der Waals surface area contributed by atoms with Gasteiger partial charge in [0.15, 0.2) is 14.6 Å². The van der Waals surface area contributed by atoms with E-state index in [2.05, 4.69) is 10.9 Å². The Morgan fingerprint density at radius 1 is 1.29 bits per heavy atom. The quantitative estimate of drug-likeness (QED) is 0.618. The lowest BCUT2D eigenvalue weighted by molar-refractivity contribution is -0.132. The summed E-state index contributed by atoms with van der Waals surface area (Å²) < 4.78 is 27.7. The summed E-state index contributed by atoms with van der Waals surface area (Å²) in [6, 6.07) is 5.88. The number of sulfone groups is 1. The standard InChI is InChI=1S/C22H27N3O4S2/c1-4-11-25-18-10-9-16(3)13-19(18)30-22(25)23-20(26)14-31(28,29)15-21(27)24-12-7-6-8-17(24)5-2/h1,9-10,13,17H,5-8,11-12,14-15H2,2-3H3. The zero-order chi connectivity index (χ0) is 22.6. The Hall–Kier alpha value is -2.44. The molecule has 1 aromatic carbocycles. The fourth-order valence-electron chi connectivity index (χ4n) is 3.91. The number of benzene rings is 1. The third-order valence-electron chi connectivity index (χ3n) is 5.41. The van der Waals surface area contributed by atoms with Gasteiger partial charge in [-0.3, -0.25) is 9.59 Å². The molecular weight excluding hydrogens is 434 g/mol. The van der Waals surface area contributed by atoms with Crippen molar-refractivity contribution in [3.63, 3.8) is 0 Å². The molecule has 2 aromatic rings. The molecule has 1 saturated heterocycles. The number of carbonyl (C=O) groups excluding carboxylic acids is 2. The number of aromatic nitrogens is 1. The minimum absolute atomic E-state index is 0.0709. The minimum Gasteiger partial charge on any atom is -0.339 e. The smallest absolute Gasteiger partial charge is 0.263 e. The average molecular weight is 462 g/mol. The number of piperidine rings is 1. The van der Waals surface area contributed by atoms with E-state index in [1.54, 1.807) is 9.47 Å². The van der Waals surface area contributed by atoms with Crippen LogP contribution >= 0.6 is 11.3 Å². The van der Waals surface area contributed by atoms with Crippen molar-refractivity contribution >= 4 is 43.2 Å². The number of likely N-dealkylation sites (tertiary alicyclic amines) is 1. The maximum atomic E-state index is 12.6. The van der Waals surface area contributed by atoms with Crippen LogP contribution in [0, 0.1) is 19.3 Å². The molecule has 31 heavy (non-hydrogen) atoms. The van der Waals surface area contributed by atoms with Crippen LogP contribution in [0.3, 0.4) is 0 Å². The first-order valence-corrected chi connectivity index (χ1v) is 13.0. The normalized spacial score (nSPS) is 17.6. The van der Waals surface area contributed by atoms with Gasteiger partial charge < -0.3 is 9.47 Å². The molecule has 2 amide bonds. The molecule has 166 valence electrons. The molecule has 9 heteroatoms. The number of thiazole rings is 1. The van der Waals surface area contributed by atoms with Crippen LogP contribution in [0.5, 0.6) is 0 Å². The molecule has 1 fully saturated rings. The predicted octanol–water partition coefficient (Wildman–Crippen LogP) is 2.28. The lowest BCUT2D eigenvalue weighted by Gasteiger charge is -2.35. The Morgan fingerprint density at radius 2 is 2.06 bits per heavy atom. The zero-order valence-electron chi connectivity index (χ0n) is 17.8. The minimum atomic E-state index is -3.92. The second kappa shape index (κ2) is 9.79. The first kappa shape index (κ1) is 23.2. The number of hydrogen-bond donors (Lipinski definition) is 0. The van der Waals surface area contributed by atoms with E-state index >= 15 is 0 Å². The molecule has 0 bridgehead atoms. The predicted molar refractivity (Wildman–Crippen MR) is 122 cm³/mol. The number of terminal acetylenes is 1. The number of carbonyl (C=O) groups is 2. The van der Waals surface area contributed by atoms with Crippen LogP contribution in [-0.4, -0.2) is 53.8 Å². The average Bonchev–Trinajstić information content (AvgIpc) is 3.03. The number of amides is 2. The van der Waals surface area contributed by atoms with Gasteiger partial charge in [-0.1, -0.05) is 30.2 Å². The molecule has 0 aliphatic carbocycles. The van der Waals surface area contributed by atoms with Gasteiger partial charge in [0.25, 0.3) is 5.91 Å². The van der Waals surface area contributed by atoms with Gasteiger partial charge in [0.1, 0.15) is 11.5 Å². The van der Waals surface area contributed by atoms with Gasteiger partial charge in [-0.2, -0.15) is 4.99 Å². The maximum Gasteiger partial charge on any atom is 0.263 e. The highest BCUT2D eigenvalue weighted by Crippen LogP contribution is 2.20. The lowest BCUT2D eigenvalue weighted by atomic mass is 10.0. The Kier molecular flexibility index (Phi) is 7.34. The molecule has 3 rings (SSSR count). The van der Waals surface area contributed by atoms with Crippen molar-refractivity contribution in [2.45, 2.75) is 52.1 Å². The second-order valence-electron chi connectivity index (χ2n) is 7.83. The van der Waals surface area contributed by atoms with Gasteiger partial charge in [0.2, 0.25) is 5.91 Å². The van der Waals surface area contributed by atoms with Crippen molar-refractivity contribution in [3.8, 4) is 12.3 Å². The van der Waals surface area contributed by atoms with Crippen molar-refractivity contribution in [2.24, 2.45) is 4.99 Å². The lowest BCUT2D eigenvalue weighted by Crippen LogP contribution is -2.46. The molecule has 0 spiro atoms. The van der Waals surface area contributed by atoms with E-state index in [4.69, 9.17) is 6.42 Å². The summed E-state index contributed by atoms with van der Waals surface area (Å²) >= 11 is 1.28. The van der Waals surface area contributed by atoms with Gasteiger partial charge >= 0.3 is 0 Å². The van der Waals surface area contributed by atoms with Crippen molar-refractivity contribution in [2.75, 3.05) is 18.1 Å². The highest BCUT2D eigenvalue weighted by molar-refractivity contribution is 7.92. The number of hydrogen-bond acceptors (Lipinski definition) is 5. The molecule has 1 aliphatic heterocycles. The molecule has 2 heterocycles. The monoisotopic (exact) mass is 461 g/mol. The van der Waals surface area contributed by atoms with E-state index in [1.807, 2.05) is 32.0 Å². The topological polar surface area (TPSA) is 88.8 Å². The molecule has 7 nitrogen and oxygen atoms in total. The van der Waals surface area contributed by atoms with E-state index < -0.39 is 33.2 Å². The zero-order valence-corrected chi connectivity index (χ0v) is 19.5. The number of nitrogens with zero attached hydrogens (tertiary/aromatic N) is 3. The summed E-state index contributed by atoms with van der Waals surface area (Å²) in [4.78, 5) is 31.1. The van der Waals surface area contributed by atoms with E-state index in [0.717, 1.165) is 41.5 Å². The van der Waals surface area contributed by atoms with Gasteiger partial charge in [0, 0.05) is 12.6 Å². The highest BCUT2D eigenvalue weighted by atomic mass is 32.2. The van der Waals surface area contributed by atoms with Gasteiger partial charge in [0.05, 0.1) is 16.8 Å². The first-order valence-electron chi connectivity index (χ1n) is 10.3. The van der Waals surface area contributed by atoms with E-state index in [9.17, 15) is 18.0 Å². The van der Waals surface area contributed by atoms with Gasteiger partial charge in [-0.05, 0) is 50.3 Å². The Bertz CT molecular complexity index is 1200. The SMILES string of the molecule is C#CCn1c(=NC(=O)CS(=O)(=O)CC(=O)N2CCCCC2CC)sc2cc(C)ccc21. The van der Waals surface area contributed by atoms with Crippen LogP contribution in [0.15, 0.2) is 23.2 Å². The van der Waals surface area contributed by atoms with Crippen molar-refractivity contribution in [1.29, 1.82) is 0 Å². The van der Waals surface area contributed by atoms with E-state index in [1.165, 1.54) is 11.3 Å². The number of fused-ring (bicyclic) bond motifs is 1. The van der Waals surface area contributed by atoms with Crippen molar-refractivity contribution in [1.82, 2.24) is 9.47 Å². The van der Waals surface area contributed by atoms with E-state index in [-0.39, 0.29) is 12.6 Å². The molecule has 0 N–H and O–H groups in total. The maximum absolute atomic E-state index is 12.6. The van der Waals surface area contributed by atoms with Gasteiger partial charge in [-0.15, -0.1) is 6.42 Å². The van der Waals surface area contributed by atoms with Crippen LogP contribution in [0.1, 0.15) is 38.2 Å². The van der Waals surface area contributed by atoms with Gasteiger partial charge in [-0.25, -0.2) is 8.42 Å². The van der Waals surface area contributed by atoms with E-state index in [0.29, 0.717) is 11.3 Å². The van der Waals surface area contributed by atoms with Crippen LogP contribution in [0.4, 0.5) is 0 Å². The number of aryl methyl sites for hydroxylation is 1. The fourth-order valence-corrected chi connectivity index (χ4v) is 6.14. The first-order chi connectivity index (χ1) is 14.7. The summed E-state index contributed by atoms with van der Waals surface area (Å²) in [5, 5.41) is 0. The second-order valence-corrected chi connectivity index (χ2v) is 10.9. The number of rotatable bonds is 6. The summed E-state index contributed by atoms with van der Waals surface area (Å²) in [5.41, 5.74) is 1.90. The summed E-state index contributed by atoms with van der Waals surface area (Å²) in [6.07, 6.45) is 9.05. The molecule has 1 unspecified atom stereocenters. The van der Waals surface area contributed by atoms with Crippen molar-refractivity contribution in [3.05, 3.63) is 28.6 Å². The van der Waals surface area contributed by atoms with Crippen LogP contribution in [0.2, 0.25) is 0 Å². The Labute approximate surface area is 186 Å². The largest absolute Gasteiger partial charge is 0.339 e. The summed E-state index contributed by atoms with van der Waals surface area (Å²) in [5.74, 6) is -0.154. The van der Waals surface area contributed by atoms with Crippen LogP contribution < -0.4 is 4.80 Å². The molecule has 1 aliphatic rings. The fraction of sp³-hybridized carbons (Fsp3) is 0.500. The Morgan fingerprint density at radius 3 is 2.77 bits per heavy atom. The molecule has 0 radical (unpaired) electrons. The van der Waals surface area contributed by atoms with Crippen LogP contribution in [-0.2, 0) is 26.0 Å². The third kappa shape index (κ3) is 5.63. The summed E-state index contributed by atoms with van der Waals surface area (Å²) in [7, 11) is -3.92. The molecular formula is C22H27N3O4S2. The molecule has 0 saturated carbocycles. The molecule has 1 aromatic heterocycles. The summed E-state index contributed by atoms with van der Waals surface area (Å²) in [6.45, 7) is 4.74. The third-order valence-corrected chi connectivity index (χ3v) is 7.83. The Balaban J connectivity index is 1.79. The van der Waals surface area contributed by atoms with Crippen molar-refractivity contribution < 1.29 is 18.0 Å². The molecule has 1 atom stereocenters.